The van der Waals surface area contributed by atoms with Gasteiger partial charge in [-0.1, -0.05) is 0 Å². The molecule has 3 aliphatic heterocycles. The summed E-state index contributed by atoms with van der Waals surface area (Å²) >= 11 is 0. The highest BCUT2D eigenvalue weighted by atomic mass is 19.1. The molecule has 156 valence electrons. The highest BCUT2D eigenvalue weighted by Crippen LogP contribution is 2.26. The Hall–Kier alpha value is -2.51. The van der Waals surface area contributed by atoms with Gasteiger partial charge in [-0.15, -0.1) is 0 Å². The molecular weight excluding hydrogens is 375 g/mol. The van der Waals surface area contributed by atoms with E-state index >= 15 is 0 Å². The lowest BCUT2D eigenvalue weighted by Gasteiger charge is -2.33. The van der Waals surface area contributed by atoms with Crippen LogP contribution in [0.4, 0.5) is 4.39 Å². The maximum atomic E-state index is 13.8. The first-order valence-electron chi connectivity index (χ1n) is 10.5. The number of carbonyl (C=O) groups is 3. The molecular formula is C21H27FN4O3. The monoisotopic (exact) mass is 402 g/mol. The lowest BCUT2D eigenvalue weighted by Crippen LogP contribution is -2.42. The van der Waals surface area contributed by atoms with Gasteiger partial charge in [-0.3, -0.25) is 14.4 Å². The lowest BCUT2D eigenvalue weighted by atomic mass is 9.96. The summed E-state index contributed by atoms with van der Waals surface area (Å²) in [6.45, 7) is 3.81. The predicted molar refractivity (Wildman–Crippen MR) is 103 cm³/mol. The summed E-state index contributed by atoms with van der Waals surface area (Å²) in [5.74, 6) is -0.731. The highest BCUT2D eigenvalue weighted by molar-refractivity contribution is 5.92. The molecule has 1 unspecified atom stereocenters. The fourth-order valence-corrected chi connectivity index (χ4v) is 4.63. The molecule has 7 nitrogen and oxygen atoms in total. The van der Waals surface area contributed by atoms with Crippen LogP contribution in [0.25, 0.3) is 0 Å². The largest absolute Gasteiger partial charge is 0.342 e. The molecule has 0 saturated carbocycles. The van der Waals surface area contributed by atoms with E-state index in [0.717, 1.165) is 38.8 Å². The summed E-state index contributed by atoms with van der Waals surface area (Å²) in [4.78, 5) is 46.7. The molecule has 0 radical (unpaired) electrons. The lowest BCUT2D eigenvalue weighted by molar-refractivity contribution is -0.134. The number of rotatable bonds is 4. The van der Waals surface area contributed by atoms with E-state index in [1.807, 2.05) is 9.80 Å². The van der Waals surface area contributed by atoms with Crippen molar-refractivity contribution in [1.82, 2.24) is 19.7 Å². The number of amides is 3. The van der Waals surface area contributed by atoms with Gasteiger partial charge in [0.25, 0.3) is 5.91 Å². The van der Waals surface area contributed by atoms with Crippen molar-refractivity contribution < 1.29 is 18.8 Å². The van der Waals surface area contributed by atoms with Crippen LogP contribution in [0.5, 0.6) is 0 Å². The maximum absolute atomic E-state index is 13.8. The second-order valence-electron chi connectivity index (χ2n) is 8.30. The van der Waals surface area contributed by atoms with Crippen molar-refractivity contribution in [1.29, 1.82) is 0 Å². The molecule has 1 atom stereocenters. The Labute approximate surface area is 169 Å². The number of piperidine rings is 1. The quantitative estimate of drug-likeness (QED) is 0.766. The van der Waals surface area contributed by atoms with Gasteiger partial charge < -0.3 is 14.7 Å². The summed E-state index contributed by atoms with van der Waals surface area (Å²) < 4.78 is 13.8. The van der Waals surface area contributed by atoms with Crippen LogP contribution in [0.15, 0.2) is 18.3 Å². The third-order valence-electron chi connectivity index (χ3n) is 6.32. The Morgan fingerprint density at radius 2 is 1.83 bits per heavy atom. The zero-order chi connectivity index (χ0) is 20.4. The molecule has 1 aromatic rings. The minimum atomic E-state index is -0.601. The average Bonchev–Trinajstić information content (AvgIpc) is 3.39. The minimum Gasteiger partial charge on any atom is -0.342 e. The molecule has 29 heavy (non-hydrogen) atoms. The van der Waals surface area contributed by atoms with Crippen molar-refractivity contribution in [3.8, 4) is 0 Å². The van der Waals surface area contributed by atoms with Gasteiger partial charge >= 0.3 is 0 Å². The number of aromatic nitrogens is 1. The van der Waals surface area contributed by atoms with E-state index in [4.69, 9.17) is 0 Å². The Kier molecular flexibility index (Phi) is 5.78. The van der Waals surface area contributed by atoms with Gasteiger partial charge in [0.2, 0.25) is 11.8 Å². The van der Waals surface area contributed by atoms with E-state index in [-0.39, 0.29) is 35.3 Å². The number of likely N-dealkylation sites (tertiary alicyclic amines) is 3. The molecule has 1 aromatic heterocycles. The van der Waals surface area contributed by atoms with Gasteiger partial charge in [-0.05, 0) is 43.7 Å². The van der Waals surface area contributed by atoms with Gasteiger partial charge in [0, 0.05) is 51.9 Å². The number of halogens is 1. The van der Waals surface area contributed by atoms with Crippen LogP contribution in [-0.4, -0.2) is 76.7 Å². The van der Waals surface area contributed by atoms with Gasteiger partial charge in [0.05, 0.1) is 5.92 Å². The number of carbonyl (C=O) groups excluding carboxylic acids is 3. The summed E-state index contributed by atoms with van der Waals surface area (Å²) in [7, 11) is 0. The van der Waals surface area contributed by atoms with Crippen LogP contribution in [0.3, 0.4) is 0 Å². The summed E-state index contributed by atoms with van der Waals surface area (Å²) in [6, 6.07) is 2.71. The first-order valence-corrected chi connectivity index (χ1v) is 10.5. The van der Waals surface area contributed by atoms with E-state index in [2.05, 4.69) is 4.98 Å². The second-order valence-corrected chi connectivity index (χ2v) is 8.30. The van der Waals surface area contributed by atoms with Crippen molar-refractivity contribution in [3.05, 3.63) is 29.8 Å². The van der Waals surface area contributed by atoms with E-state index in [1.165, 1.54) is 18.3 Å². The van der Waals surface area contributed by atoms with E-state index < -0.39 is 5.82 Å². The van der Waals surface area contributed by atoms with Crippen LogP contribution in [0.1, 0.15) is 42.6 Å². The molecule has 3 amide bonds. The number of hydrogen-bond donors (Lipinski definition) is 0. The zero-order valence-electron chi connectivity index (χ0n) is 16.6. The average molecular weight is 402 g/mol. The van der Waals surface area contributed by atoms with Crippen molar-refractivity contribution in [2.45, 2.75) is 32.1 Å². The summed E-state index contributed by atoms with van der Waals surface area (Å²) in [5, 5.41) is 0. The number of hydrogen-bond acceptors (Lipinski definition) is 4. The van der Waals surface area contributed by atoms with Crippen molar-refractivity contribution in [3.63, 3.8) is 0 Å². The van der Waals surface area contributed by atoms with Crippen LogP contribution in [-0.2, 0) is 9.59 Å². The zero-order valence-corrected chi connectivity index (χ0v) is 16.6. The highest BCUT2D eigenvalue weighted by Gasteiger charge is 2.38. The molecule has 3 fully saturated rings. The summed E-state index contributed by atoms with van der Waals surface area (Å²) in [5.41, 5.74) is -0.135. The fourth-order valence-electron chi connectivity index (χ4n) is 4.63. The van der Waals surface area contributed by atoms with Gasteiger partial charge in [-0.25, -0.2) is 9.37 Å². The molecule has 4 rings (SSSR count). The van der Waals surface area contributed by atoms with Crippen LogP contribution < -0.4 is 0 Å². The van der Waals surface area contributed by atoms with Gasteiger partial charge in [0.1, 0.15) is 0 Å². The third-order valence-corrected chi connectivity index (χ3v) is 6.32. The van der Waals surface area contributed by atoms with E-state index in [9.17, 15) is 18.8 Å². The molecule has 3 saturated heterocycles. The number of pyridine rings is 1. The summed E-state index contributed by atoms with van der Waals surface area (Å²) in [6.07, 6.45) is 5.35. The van der Waals surface area contributed by atoms with Crippen molar-refractivity contribution in [2.24, 2.45) is 11.8 Å². The Morgan fingerprint density at radius 1 is 1.10 bits per heavy atom. The minimum absolute atomic E-state index is 0.0524. The SMILES string of the molecule is O=C1CC(C(=O)N2CCCC2)CN1CC1CCN(C(=O)c2ncccc2F)CC1. The second kappa shape index (κ2) is 8.47. The van der Waals surface area contributed by atoms with Crippen LogP contribution >= 0.6 is 0 Å². The predicted octanol–water partition coefficient (Wildman–Crippen LogP) is 1.54. The first kappa shape index (κ1) is 19.8. The molecule has 4 heterocycles. The molecule has 0 spiro atoms. The molecule has 8 heteroatoms. The van der Waals surface area contributed by atoms with Gasteiger partial charge in [-0.2, -0.15) is 0 Å². The maximum Gasteiger partial charge on any atom is 0.275 e. The first-order chi connectivity index (χ1) is 14.0. The molecule has 0 aromatic carbocycles. The normalized spacial score (nSPS) is 23.1. The topological polar surface area (TPSA) is 73.8 Å². The Bertz CT molecular complexity index is 788. The number of nitrogens with zero attached hydrogens (tertiary/aromatic N) is 4. The standard InChI is InChI=1S/C21H27FN4O3/c22-17-4-3-7-23-19(17)21(29)25-10-5-15(6-11-25)13-26-14-16(12-18(26)27)20(28)24-8-1-2-9-24/h3-4,7,15-16H,1-2,5-6,8-14H2. The van der Waals surface area contributed by atoms with Crippen LogP contribution in [0.2, 0.25) is 0 Å². The molecule has 0 bridgehead atoms. The molecule has 3 aliphatic rings. The molecule has 0 aliphatic carbocycles. The van der Waals surface area contributed by atoms with Crippen molar-refractivity contribution in [2.75, 3.05) is 39.3 Å². The Morgan fingerprint density at radius 3 is 2.52 bits per heavy atom. The fraction of sp³-hybridized carbons (Fsp3) is 0.619. The van der Waals surface area contributed by atoms with Crippen molar-refractivity contribution >= 4 is 17.7 Å². The molecule has 0 N–H and O–H groups in total. The third kappa shape index (κ3) is 4.26. The van der Waals surface area contributed by atoms with Gasteiger partial charge in [0.15, 0.2) is 11.5 Å². The Balaban J connectivity index is 1.27. The smallest absolute Gasteiger partial charge is 0.275 e. The van der Waals surface area contributed by atoms with E-state index in [1.54, 1.807) is 4.90 Å². The van der Waals surface area contributed by atoms with E-state index in [0.29, 0.717) is 32.6 Å². The van der Waals surface area contributed by atoms with Crippen LogP contribution in [0, 0.1) is 17.7 Å².